The van der Waals surface area contributed by atoms with Crippen molar-refractivity contribution in [2.75, 3.05) is 5.32 Å². The number of carboxylic acid groups (broad SMARTS) is 1. The molecule has 0 fully saturated rings. The van der Waals surface area contributed by atoms with Crippen molar-refractivity contribution in [2.24, 2.45) is 5.92 Å². The molecule has 2 bridgehead atoms. The summed E-state index contributed by atoms with van der Waals surface area (Å²) in [6, 6.07) is 9.07. The van der Waals surface area contributed by atoms with Crippen LogP contribution in [0.25, 0.3) is 28.2 Å². The summed E-state index contributed by atoms with van der Waals surface area (Å²) in [6.07, 6.45) is 1.99. The summed E-state index contributed by atoms with van der Waals surface area (Å²) in [7, 11) is 0. The van der Waals surface area contributed by atoms with Crippen molar-refractivity contribution in [3.05, 3.63) is 82.5 Å². The maximum absolute atomic E-state index is 13.9. The van der Waals surface area contributed by atoms with E-state index in [2.05, 4.69) is 35.9 Å². The number of tetrazole rings is 1. The van der Waals surface area contributed by atoms with E-state index in [9.17, 15) is 31.5 Å². The van der Waals surface area contributed by atoms with Gasteiger partial charge in [-0.15, -0.1) is 5.10 Å². The van der Waals surface area contributed by atoms with E-state index in [4.69, 9.17) is 21.5 Å². The van der Waals surface area contributed by atoms with E-state index in [1.807, 2.05) is 0 Å². The van der Waals surface area contributed by atoms with Crippen LogP contribution in [0.4, 0.5) is 27.6 Å². The minimum Gasteiger partial charge on any atom is -0.475 e. The third-order valence-corrected chi connectivity index (χ3v) is 7.68. The second kappa shape index (κ2) is 14.3. The normalized spacial score (nSPS) is 16.4. The van der Waals surface area contributed by atoms with Gasteiger partial charge in [0.05, 0.1) is 47.0 Å². The maximum atomic E-state index is 13.9. The summed E-state index contributed by atoms with van der Waals surface area (Å²) in [5, 5.41) is 25.4. The van der Waals surface area contributed by atoms with Gasteiger partial charge in [-0.2, -0.15) is 31.7 Å². The Morgan fingerprint density at radius 3 is 2.49 bits per heavy atom. The number of hydrogen-bond acceptors (Lipinski definition) is 9. The highest BCUT2D eigenvalue weighted by molar-refractivity contribution is 6.31. The van der Waals surface area contributed by atoms with Gasteiger partial charge in [0, 0.05) is 34.3 Å². The molecule has 0 radical (unpaired) electrons. The Balaban J connectivity index is 0.000000606. The number of amides is 1. The molecule has 14 nitrogen and oxygen atoms in total. The Labute approximate surface area is 277 Å². The van der Waals surface area contributed by atoms with Gasteiger partial charge in [-0.1, -0.05) is 24.9 Å². The van der Waals surface area contributed by atoms with Crippen molar-refractivity contribution < 1.29 is 36.6 Å². The largest absolute Gasteiger partial charge is 0.490 e. The average Bonchev–Trinajstić information content (AvgIpc) is 3.74. The monoisotopic (exact) mass is 706 g/mol. The zero-order chi connectivity index (χ0) is 35.5. The van der Waals surface area contributed by atoms with E-state index in [0.717, 1.165) is 0 Å². The quantitative estimate of drug-likeness (QED) is 0.237. The molecule has 0 saturated carbocycles. The SMILES string of the molecule is C[C@@H]1CCC[C@H](n2cnc(-c3cc(Cl)ccc3-n3cnnn3)cc2=O)c2cc(ccn2)-c2c(cnn2C(F)F)NC1=O.O=C(O)C(F)(F)F. The number of benzene rings is 1. The first-order valence-corrected chi connectivity index (χ1v) is 14.7. The summed E-state index contributed by atoms with van der Waals surface area (Å²) >= 11 is 6.26. The van der Waals surface area contributed by atoms with E-state index >= 15 is 0 Å². The molecule has 5 heterocycles. The number of nitrogens with zero attached hydrogens (tertiary/aromatic N) is 9. The lowest BCUT2D eigenvalue weighted by molar-refractivity contribution is -0.192. The number of rotatable bonds is 4. The topological polar surface area (TPSA) is 176 Å². The van der Waals surface area contributed by atoms with Crippen LogP contribution in [0.15, 0.2) is 66.2 Å². The van der Waals surface area contributed by atoms with Crippen LogP contribution in [-0.4, -0.2) is 67.7 Å². The van der Waals surface area contributed by atoms with Crippen LogP contribution in [0.1, 0.15) is 44.5 Å². The number of halogens is 6. The maximum Gasteiger partial charge on any atom is 0.490 e. The van der Waals surface area contributed by atoms with Gasteiger partial charge >= 0.3 is 18.7 Å². The molecule has 0 spiro atoms. The van der Waals surface area contributed by atoms with Crippen LogP contribution in [0.3, 0.4) is 0 Å². The molecule has 20 heteroatoms. The fraction of sp³-hybridized carbons (Fsp3) is 0.276. The van der Waals surface area contributed by atoms with Crippen LogP contribution in [0, 0.1) is 5.92 Å². The standard InChI is InChI=1S/C27H23ClF2N10O2.C2HF3O2/c1-15-3-2-4-23(20-9-16(7-8-31-20)25-21(35-26(15)42)12-34-40(25)27(29)30)38-13-32-19(11-24(38)41)18-10-17(28)5-6-22(18)39-14-33-36-37-39;3-2(4,5)1(6)7/h5-15,23,27H,2-4H2,1H3,(H,35,42);(H,6,7)/t15-,23+;/m1./s1. The smallest absolute Gasteiger partial charge is 0.475 e. The zero-order valence-corrected chi connectivity index (χ0v) is 25.8. The Kier molecular flexibility index (Phi) is 10.1. The first-order chi connectivity index (χ1) is 23.2. The van der Waals surface area contributed by atoms with Crippen molar-refractivity contribution in [2.45, 2.75) is 45.0 Å². The molecule has 0 saturated heterocycles. The minimum absolute atomic E-state index is 0.0467. The number of aromatic nitrogens is 9. The summed E-state index contributed by atoms with van der Waals surface area (Å²) in [6.45, 7) is -1.17. The molecule has 1 aliphatic rings. The molecule has 1 amide bonds. The van der Waals surface area contributed by atoms with Gasteiger partial charge in [0.15, 0.2) is 0 Å². The number of aliphatic carboxylic acids is 1. The molecular weight excluding hydrogens is 683 g/mol. The molecule has 2 atom stereocenters. The molecule has 0 aliphatic carbocycles. The number of alkyl halides is 5. The highest BCUT2D eigenvalue weighted by Crippen LogP contribution is 2.35. The lowest BCUT2D eigenvalue weighted by Gasteiger charge is -2.22. The molecule has 0 unspecified atom stereocenters. The van der Waals surface area contributed by atoms with Crippen molar-refractivity contribution in [1.29, 1.82) is 0 Å². The molecule has 49 heavy (non-hydrogen) atoms. The van der Waals surface area contributed by atoms with Gasteiger partial charge < -0.3 is 10.4 Å². The number of hydrogen-bond donors (Lipinski definition) is 2. The van der Waals surface area contributed by atoms with Crippen molar-refractivity contribution in [3.8, 4) is 28.2 Å². The summed E-state index contributed by atoms with van der Waals surface area (Å²) in [5.41, 5.74) is 2.18. The van der Waals surface area contributed by atoms with Gasteiger partial charge in [0.1, 0.15) is 6.33 Å². The van der Waals surface area contributed by atoms with E-state index in [1.165, 1.54) is 40.4 Å². The number of carboxylic acids is 1. The molecule has 256 valence electrons. The Morgan fingerprint density at radius 1 is 1.08 bits per heavy atom. The highest BCUT2D eigenvalue weighted by Gasteiger charge is 2.38. The first kappa shape index (κ1) is 34.7. The van der Waals surface area contributed by atoms with Crippen LogP contribution in [-0.2, 0) is 9.59 Å². The van der Waals surface area contributed by atoms with Gasteiger partial charge in [0.2, 0.25) is 5.91 Å². The van der Waals surface area contributed by atoms with Gasteiger partial charge in [-0.3, -0.25) is 19.1 Å². The summed E-state index contributed by atoms with van der Waals surface area (Å²) in [4.78, 5) is 44.5. The van der Waals surface area contributed by atoms with Crippen LogP contribution in [0.2, 0.25) is 5.02 Å². The average molecular weight is 707 g/mol. The molecule has 2 N–H and O–H groups in total. The second-order valence-electron chi connectivity index (χ2n) is 10.7. The second-order valence-corrected chi connectivity index (χ2v) is 11.1. The number of carbonyl (C=O) groups excluding carboxylic acids is 1. The fourth-order valence-electron chi connectivity index (χ4n) is 5.08. The third-order valence-electron chi connectivity index (χ3n) is 7.44. The van der Waals surface area contributed by atoms with Gasteiger partial charge in [0.25, 0.3) is 5.56 Å². The molecule has 4 aromatic heterocycles. The van der Waals surface area contributed by atoms with Crippen molar-refractivity contribution in [3.63, 3.8) is 0 Å². The van der Waals surface area contributed by atoms with Crippen LogP contribution in [0.5, 0.6) is 0 Å². The predicted molar refractivity (Wildman–Crippen MR) is 162 cm³/mol. The van der Waals surface area contributed by atoms with E-state index < -0.39 is 30.7 Å². The molecule has 1 aliphatic heterocycles. The van der Waals surface area contributed by atoms with E-state index in [0.29, 0.717) is 57.2 Å². The number of anilines is 1. The van der Waals surface area contributed by atoms with Crippen LogP contribution < -0.4 is 10.9 Å². The molecule has 5 aromatic rings. The molecule has 1 aromatic carbocycles. The number of nitrogens with one attached hydrogen (secondary N) is 1. The van der Waals surface area contributed by atoms with Gasteiger partial charge in [-0.05, 0) is 53.6 Å². The summed E-state index contributed by atoms with van der Waals surface area (Å²) in [5.74, 6) is -3.48. The van der Waals surface area contributed by atoms with Crippen LogP contribution >= 0.6 is 11.6 Å². The summed E-state index contributed by atoms with van der Waals surface area (Å²) < 4.78 is 63.0. The lowest BCUT2D eigenvalue weighted by Crippen LogP contribution is -2.27. The minimum atomic E-state index is -5.08. The highest BCUT2D eigenvalue weighted by atomic mass is 35.5. The number of pyridine rings is 1. The molecule has 6 rings (SSSR count). The van der Waals surface area contributed by atoms with E-state index in [-0.39, 0.29) is 22.8 Å². The predicted octanol–water partition coefficient (Wildman–Crippen LogP) is 5.17. The van der Waals surface area contributed by atoms with Crippen molar-refractivity contribution >= 4 is 29.2 Å². The Bertz CT molecular complexity index is 2030. The van der Waals surface area contributed by atoms with E-state index in [1.54, 1.807) is 37.3 Å². The zero-order valence-electron chi connectivity index (χ0n) is 25.1. The molecular formula is C29H24ClF5N10O4. The number of fused-ring (bicyclic) bond motifs is 4. The number of carbonyl (C=O) groups is 2. The Hall–Kier alpha value is -5.59. The van der Waals surface area contributed by atoms with Gasteiger partial charge in [-0.25, -0.2) is 14.5 Å². The fourth-order valence-corrected chi connectivity index (χ4v) is 5.25. The lowest BCUT2D eigenvalue weighted by atomic mass is 9.97. The first-order valence-electron chi connectivity index (χ1n) is 14.3. The Morgan fingerprint density at radius 2 is 1.84 bits per heavy atom. The van der Waals surface area contributed by atoms with Crippen molar-refractivity contribution in [1.82, 2.24) is 44.5 Å². The third kappa shape index (κ3) is 7.77.